The summed E-state index contributed by atoms with van der Waals surface area (Å²) in [5, 5.41) is 14.6. The summed E-state index contributed by atoms with van der Waals surface area (Å²) in [6.45, 7) is 1.96. The third-order valence-corrected chi connectivity index (χ3v) is 3.14. The fourth-order valence-corrected chi connectivity index (χ4v) is 2.00. The predicted octanol–water partition coefficient (Wildman–Crippen LogP) is 3.62. The van der Waals surface area contributed by atoms with E-state index in [1.807, 2.05) is 31.2 Å². The summed E-state index contributed by atoms with van der Waals surface area (Å²) >= 11 is 0. The van der Waals surface area contributed by atoms with Crippen molar-refractivity contribution >= 4 is 5.69 Å². The van der Waals surface area contributed by atoms with Crippen LogP contribution < -0.4 is 0 Å². The quantitative estimate of drug-likeness (QED) is 0.541. The van der Waals surface area contributed by atoms with Crippen molar-refractivity contribution in [3.8, 4) is 22.8 Å². The summed E-state index contributed by atoms with van der Waals surface area (Å²) < 4.78 is 5.27. The molecule has 1 aromatic heterocycles. The van der Waals surface area contributed by atoms with E-state index in [4.69, 9.17) is 4.52 Å². The first-order valence-corrected chi connectivity index (χ1v) is 6.29. The van der Waals surface area contributed by atoms with Crippen LogP contribution in [0, 0.1) is 17.0 Å². The molecule has 0 N–H and O–H groups in total. The second-order valence-corrected chi connectivity index (χ2v) is 4.54. The minimum Gasteiger partial charge on any atom is -0.334 e. The van der Waals surface area contributed by atoms with Gasteiger partial charge in [0, 0.05) is 23.3 Å². The molecule has 0 saturated carbocycles. The molecular formula is C15H11N3O3. The largest absolute Gasteiger partial charge is 0.334 e. The molecule has 0 unspecified atom stereocenters. The van der Waals surface area contributed by atoms with Gasteiger partial charge in [0.2, 0.25) is 5.82 Å². The Bertz CT molecular complexity index is 794. The van der Waals surface area contributed by atoms with Crippen LogP contribution >= 0.6 is 0 Å². The Morgan fingerprint density at radius 2 is 1.81 bits per heavy atom. The average molecular weight is 281 g/mol. The lowest BCUT2D eigenvalue weighted by Gasteiger charge is -1.97. The fraction of sp³-hybridized carbons (Fsp3) is 0.0667. The van der Waals surface area contributed by atoms with E-state index in [1.165, 1.54) is 12.1 Å². The fourth-order valence-electron chi connectivity index (χ4n) is 2.00. The summed E-state index contributed by atoms with van der Waals surface area (Å²) in [5.74, 6) is 0.838. The highest BCUT2D eigenvalue weighted by atomic mass is 16.6. The standard InChI is InChI=1S/C15H11N3O3/c1-10-4-2-3-5-13(10)15-16-14(17-21-15)11-6-8-12(9-7-11)18(19)20/h2-9H,1H3. The molecule has 0 aliphatic carbocycles. The molecule has 0 aliphatic heterocycles. The van der Waals surface area contributed by atoms with Gasteiger partial charge in [-0.2, -0.15) is 4.98 Å². The van der Waals surface area contributed by atoms with Gasteiger partial charge in [0.1, 0.15) is 0 Å². The first-order chi connectivity index (χ1) is 10.1. The van der Waals surface area contributed by atoms with Gasteiger partial charge in [-0.15, -0.1) is 0 Å². The molecule has 3 aromatic rings. The molecule has 0 atom stereocenters. The number of nitro benzene ring substituents is 1. The van der Waals surface area contributed by atoms with Gasteiger partial charge < -0.3 is 4.52 Å². The lowest BCUT2D eigenvalue weighted by atomic mass is 10.1. The van der Waals surface area contributed by atoms with E-state index in [-0.39, 0.29) is 5.69 Å². The molecule has 0 bridgehead atoms. The van der Waals surface area contributed by atoms with E-state index >= 15 is 0 Å². The van der Waals surface area contributed by atoms with Gasteiger partial charge >= 0.3 is 0 Å². The number of hydrogen-bond donors (Lipinski definition) is 0. The second-order valence-electron chi connectivity index (χ2n) is 4.54. The van der Waals surface area contributed by atoms with Gasteiger partial charge in [-0.05, 0) is 30.7 Å². The normalized spacial score (nSPS) is 10.5. The molecule has 3 rings (SSSR count). The van der Waals surface area contributed by atoms with Gasteiger partial charge in [0.05, 0.1) is 4.92 Å². The van der Waals surface area contributed by atoms with Crippen LogP contribution in [0.1, 0.15) is 5.56 Å². The van der Waals surface area contributed by atoms with Crippen molar-refractivity contribution < 1.29 is 9.45 Å². The topological polar surface area (TPSA) is 82.1 Å². The Morgan fingerprint density at radius 3 is 2.48 bits per heavy atom. The highest BCUT2D eigenvalue weighted by molar-refractivity contribution is 5.62. The lowest BCUT2D eigenvalue weighted by molar-refractivity contribution is -0.384. The molecule has 0 saturated heterocycles. The SMILES string of the molecule is Cc1ccccc1-c1nc(-c2ccc([N+](=O)[O-])cc2)no1. The van der Waals surface area contributed by atoms with E-state index in [0.717, 1.165) is 11.1 Å². The van der Waals surface area contributed by atoms with Crippen LogP contribution in [0.4, 0.5) is 5.69 Å². The van der Waals surface area contributed by atoms with Crippen molar-refractivity contribution in [2.24, 2.45) is 0 Å². The molecule has 6 heteroatoms. The van der Waals surface area contributed by atoms with Gasteiger partial charge in [0.25, 0.3) is 11.6 Å². The molecule has 2 aromatic carbocycles. The zero-order valence-corrected chi connectivity index (χ0v) is 11.2. The predicted molar refractivity (Wildman–Crippen MR) is 76.6 cm³/mol. The van der Waals surface area contributed by atoms with E-state index in [1.54, 1.807) is 12.1 Å². The van der Waals surface area contributed by atoms with Crippen molar-refractivity contribution in [1.82, 2.24) is 10.1 Å². The first kappa shape index (κ1) is 13.0. The van der Waals surface area contributed by atoms with Crippen LogP contribution in [0.25, 0.3) is 22.8 Å². The van der Waals surface area contributed by atoms with E-state index in [0.29, 0.717) is 17.3 Å². The molecule has 104 valence electrons. The van der Waals surface area contributed by atoms with Crippen LogP contribution in [0.15, 0.2) is 53.1 Å². The monoisotopic (exact) mass is 281 g/mol. The van der Waals surface area contributed by atoms with Gasteiger partial charge in [-0.25, -0.2) is 0 Å². The molecule has 21 heavy (non-hydrogen) atoms. The molecule has 0 spiro atoms. The van der Waals surface area contributed by atoms with Gasteiger partial charge in [0.15, 0.2) is 0 Å². The highest BCUT2D eigenvalue weighted by Gasteiger charge is 2.13. The molecule has 0 fully saturated rings. The zero-order chi connectivity index (χ0) is 14.8. The van der Waals surface area contributed by atoms with Gasteiger partial charge in [-0.3, -0.25) is 10.1 Å². The van der Waals surface area contributed by atoms with Crippen LogP contribution in [-0.2, 0) is 0 Å². The number of rotatable bonds is 3. The Balaban J connectivity index is 1.95. The minimum absolute atomic E-state index is 0.0290. The highest BCUT2D eigenvalue weighted by Crippen LogP contribution is 2.25. The number of hydrogen-bond acceptors (Lipinski definition) is 5. The van der Waals surface area contributed by atoms with Gasteiger partial charge in [-0.1, -0.05) is 23.4 Å². The number of nitrogens with zero attached hydrogens (tertiary/aromatic N) is 3. The molecular weight excluding hydrogens is 270 g/mol. The maximum absolute atomic E-state index is 10.6. The summed E-state index contributed by atoms with van der Waals surface area (Å²) in [6, 6.07) is 13.7. The molecule has 0 amide bonds. The van der Waals surface area contributed by atoms with E-state index in [2.05, 4.69) is 10.1 Å². The van der Waals surface area contributed by atoms with E-state index in [9.17, 15) is 10.1 Å². The molecule has 0 radical (unpaired) electrons. The molecule has 0 aliphatic rings. The Hall–Kier alpha value is -3.02. The smallest absolute Gasteiger partial charge is 0.269 e. The Labute approximate surface area is 120 Å². The number of aryl methyl sites for hydroxylation is 1. The molecule has 1 heterocycles. The zero-order valence-electron chi connectivity index (χ0n) is 11.2. The van der Waals surface area contributed by atoms with Crippen molar-refractivity contribution in [3.05, 3.63) is 64.2 Å². The lowest BCUT2D eigenvalue weighted by Crippen LogP contribution is -1.88. The number of aromatic nitrogens is 2. The summed E-state index contributed by atoms with van der Waals surface area (Å²) in [7, 11) is 0. The summed E-state index contributed by atoms with van der Waals surface area (Å²) in [5.41, 5.74) is 2.61. The minimum atomic E-state index is -0.446. The first-order valence-electron chi connectivity index (χ1n) is 6.29. The van der Waals surface area contributed by atoms with Crippen molar-refractivity contribution in [2.75, 3.05) is 0 Å². The van der Waals surface area contributed by atoms with Crippen LogP contribution in [0.3, 0.4) is 0 Å². The molecule has 6 nitrogen and oxygen atoms in total. The van der Waals surface area contributed by atoms with Crippen molar-refractivity contribution in [2.45, 2.75) is 6.92 Å². The number of non-ortho nitro benzene ring substituents is 1. The number of nitro groups is 1. The van der Waals surface area contributed by atoms with Crippen LogP contribution in [0.2, 0.25) is 0 Å². The maximum Gasteiger partial charge on any atom is 0.269 e. The summed E-state index contributed by atoms with van der Waals surface area (Å²) in [4.78, 5) is 14.5. The Morgan fingerprint density at radius 1 is 1.10 bits per heavy atom. The second kappa shape index (κ2) is 5.16. The Kier molecular flexibility index (Phi) is 3.19. The average Bonchev–Trinajstić information content (AvgIpc) is 2.97. The number of benzene rings is 2. The van der Waals surface area contributed by atoms with Crippen LogP contribution in [-0.4, -0.2) is 15.1 Å². The van der Waals surface area contributed by atoms with Crippen molar-refractivity contribution in [3.63, 3.8) is 0 Å². The third kappa shape index (κ3) is 2.51. The summed E-state index contributed by atoms with van der Waals surface area (Å²) in [6.07, 6.45) is 0. The van der Waals surface area contributed by atoms with Crippen molar-refractivity contribution in [1.29, 1.82) is 0 Å². The maximum atomic E-state index is 10.6. The van der Waals surface area contributed by atoms with Crippen LogP contribution in [0.5, 0.6) is 0 Å². The third-order valence-electron chi connectivity index (χ3n) is 3.14. The van der Waals surface area contributed by atoms with E-state index < -0.39 is 4.92 Å².